The van der Waals surface area contributed by atoms with Crippen molar-refractivity contribution in [1.29, 1.82) is 0 Å². The van der Waals surface area contributed by atoms with Crippen molar-refractivity contribution in [2.75, 3.05) is 0 Å². The molecule has 2 atom stereocenters. The lowest BCUT2D eigenvalue weighted by molar-refractivity contribution is -0.124. The minimum atomic E-state index is -0.721. The maximum atomic E-state index is 13.0. The van der Waals surface area contributed by atoms with Crippen LogP contribution in [0.3, 0.4) is 0 Å². The highest BCUT2D eigenvalue weighted by Gasteiger charge is 2.26. The van der Waals surface area contributed by atoms with Crippen LogP contribution in [0.5, 0.6) is 0 Å². The predicted octanol–water partition coefficient (Wildman–Crippen LogP) is 4.11. The van der Waals surface area contributed by atoms with Gasteiger partial charge in [0.15, 0.2) is 0 Å². The number of benzene rings is 2. The molecule has 0 aliphatic carbocycles. The van der Waals surface area contributed by atoms with Crippen molar-refractivity contribution in [2.24, 2.45) is 5.92 Å². The topological polar surface area (TPSA) is 58.2 Å². The van der Waals surface area contributed by atoms with E-state index in [1.807, 2.05) is 13.8 Å². The highest BCUT2D eigenvalue weighted by atomic mass is 35.5. The zero-order valence-corrected chi connectivity index (χ0v) is 15.7. The van der Waals surface area contributed by atoms with E-state index in [4.69, 9.17) is 11.6 Å². The zero-order chi connectivity index (χ0) is 19.3. The second kappa shape index (κ2) is 8.81. The van der Waals surface area contributed by atoms with E-state index in [0.29, 0.717) is 10.6 Å². The predicted molar refractivity (Wildman–Crippen MR) is 101 cm³/mol. The molecule has 2 N–H and O–H groups in total. The minimum absolute atomic E-state index is 0.123. The Labute approximate surface area is 157 Å². The van der Waals surface area contributed by atoms with Crippen LogP contribution in [0, 0.1) is 11.7 Å². The maximum Gasteiger partial charge on any atom is 0.253 e. The summed E-state index contributed by atoms with van der Waals surface area (Å²) in [6, 6.07) is 11.6. The molecule has 0 saturated heterocycles. The first-order valence-electron chi connectivity index (χ1n) is 8.41. The van der Waals surface area contributed by atoms with E-state index >= 15 is 0 Å². The average molecular weight is 377 g/mol. The molecule has 138 valence electrons. The van der Waals surface area contributed by atoms with Gasteiger partial charge in [0.05, 0.1) is 16.6 Å². The van der Waals surface area contributed by atoms with E-state index in [0.717, 1.165) is 5.56 Å². The molecule has 0 saturated carbocycles. The lowest BCUT2D eigenvalue weighted by Gasteiger charge is -2.24. The van der Waals surface area contributed by atoms with Gasteiger partial charge in [-0.25, -0.2) is 4.39 Å². The first kappa shape index (κ1) is 19.9. The lowest BCUT2D eigenvalue weighted by atomic mass is 10.0. The monoisotopic (exact) mass is 376 g/mol. The Balaban J connectivity index is 2.08. The second-order valence-electron chi connectivity index (χ2n) is 6.46. The molecule has 6 heteroatoms. The molecule has 0 spiro atoms. The SMILES string of the molecule is CC(NC(=O)[C@@H](NC(=O)c1ccccc1Cl)C(C)C)c1ccc(F)cc1. The van der Waals surface area contributed by atoms with E-state index in [-0.39, 0.29) is 23.7 Å². The fourth-order valence-electron chi connectivity index (χ4n) is 2.54. The second-order valence-corrected chi connectivity index (χ2v) is 6.86. The van der Waals surface area contributed by atoms with Crippen molar-refractivity contribution in [3.63, 3.8) is 0 Å². The van der Waals surface area contributed by atoms with Crippen molar-refractivity contribution in [1.82, 2.24) is 10.6 Å². The Morgan fingerprint density at radius 1 is 0.962 bits per heavy atom. The first-order chi connectivity index (χ1) is 12.3. The van der Waals surface area contributed by atoms with E-state index in [1.165, 1.54) is 12.1 Å². The molecule has 2 rings (SSSR count). The van der Waals surface area contributed by atoms with Gasteiger partial charge in [0.25, 0.3) is 5.91 Å². The van der Waals surface area contributed by atoms with Gasteiger partial charge in [-0.1, -0.05) is 49.7 Å². The van der Waals surface area contributed by atoms with Gasteiger partial charge in [0, 0.05) is 0 Å². The lowest BCUT2D eigenvalue weighted by Crippen LogP contribution is -2.50. The van der Waals surface area contributed by atoms with Crippen molar-refractivity contribution < 1.29 is 14.0 Å². The molecule has 1 unspecified atom stereocenters. The summed E-state index contributed by atoms with van der Waals surface area (Å²) >= 11 is 6.05. The molecule has 0 aliphatic heterocycles. The fourth-order valence-corrected chi connectivity index (χ4v) is 2.76. The van der Waals surface area contributed by atoms with Gasteiger partial charge in [0.2, 0.25) is 5.91 Å². The van der Waals surface area contributed by atoms with Gasteiger partial charge in [0.1, 0.15) is 11.9 Å². The Morgan fingerprint density at radius 3 is 2.15 bits per heavy atom. The summed E-state index contributed by atoms with van der Waals surface area (Å²) in [5.74, 6) is -1.17. The standard InChI is InChI=1S/C20H22ClFN2O2/c1-12(2)18(24-19(25)16-6-4-5-7-17(16)21)20(26)23-13(3)14-8-10-15(22)11-9-14/h4-13,18H,1-3H3,(H,23,26)(H,24,25)/t13?,18-/m0/s1. The van der Waals surface area contributed by atoms with Crippen LogP contribution in [0.4, 0.5) is 4.39 Å². The van der Waals surface area contributed by atoms with Crippen LogP contribution in [0.2, 0.25) is 5.02 Å². The van der Waals surface area contributed by atoms with Crippen LogP contribution < -0.4 is 10.6 Å². The molecule has 0 fully saturated rings. The number of nitrogens with one attached hydrogen (secondary N) is 2. The third-order valence-corrected chi connectivity index (χ3v) is 4.41. The van der Waals surface area contributed by atoms with Gasteiger partial charge in [-0.3, -0.25) is 9.59 Å². The summed E-state index contributed by atoms with van der Waals surface area (Å²) in [7, 11) is 0. The Morgan fingerprint density at radius 2 is 1.58 bits per heavy atom. The molecule has 2 aromatic rings. The van der Waals surface area contributed by atoms with Crippen LogP contribution in [-0.2, 0) is 4.79 Å². The third-order valence-electron chi connectivity index (χ3n) is 4.08. The molecule has 4 nitrogen and oxygen atoms in total. The molecule has 0 bridgehead atoms. The van der Waals surface area contributed by atoms with E-state index in [1.54, 1.807) is 43.3 Å². The van der Waals surface area contributed by atoms with E-state index in [9.17, 15) is 14.0 Å². The molecular weight excluding hydrogens is 355 g/mol. The maximum absolute atomic E-state index is 13.0. The minimum Gasteiger partial charge on any atom is -0.348 e. The molecule has 2 amide bonds. The Hall–Kier alpha value is -2.40. The fraction of sp³-hybridized carbons (Fsp3) is 0.300. The van der Waals surface area contributed by atoms with Gasteiger partial charge in [-0.15, -0.1) is 0 Å². The average Bonchev–Trinajstić information content (AvgIpc) is 2.59. The Bertz CT molecular complexity index is 778. The quantitative estimate of drug-likeness (QED) is 0.797. The van der Waals surface area contributed by atoms with Crippen LogP contribution in [0.25, 0.3) is 0 Å². The summed E-state index contributed by atoms with van der Waals surface area (Å²) in [5, 5.41) is 5.93. The van der Waals surface area contributed by atoms with Crippen molar-refractivity contribution in [2.45, 2.75) is 32.9 Å². The number of hydrogen-bond donors (Lipinski definition) is 2. The summed E-state index contributed by atoms with van der Waals surface area (Å²) in [5.41, 5.74) is 1.10. The molecular formula is C20H22ClFN2O2. The number of carbonyl (C=O) groups excluding carboxylic acids is 2. The van der Waals surface area contributed by atoms with Gasteiger partial charge in [-0.2, -0.15) is 0 Å². The number of hydrogen-bond acceptors (Lipinski definition) is 2. The summed E-state index contributed by atoms with van der Waals surface area (Å²) in [6.45, 7) is 5.50. The highest BCUT2D eigenvalue weighted by Crippen LogP contribution is 2.17. The Kier molecular flexibility index (Phi) is 6.75. The van der Waals surface area contributed by atoms with Crippen molar-refractivity contribution in [3.8, 4) is 0 Å². The summed E-state index contributed by atoms with van der Waals surface area (Å²) in [6.07, 6.45) is 0. The zero-order valence-electron chi connectivity index (χ0n) is 14.9. The number of rotatable bonds is 6. The van der Waals surface area contributed by atoms with Crippen molar-refractivity contribution >= 4 is 23.4 Å². The molecule has 26 heavy (non-hydrogen) atoms. The van der Waals surface area contributed by atoms with Crippen LogP contribution in [0.15, 0.2) is 48.5 Å². The van der Waals surface area contributed by atoms with E-state index in [2.05, 4.69) is 10.6 Å². The first-order valence-corrected chi connectivity index (χ1v) is 8.78. The molecule has 0 radical (unpaired) electrons. The molecule has 0 aromatic heterocycles. The molecule has 2 aromatic carbocycles. The normalized spacial score (nSPS) is 13.2. The summed E-state index contributed by atoms with van der Waals surface area (Å²) in [4.78, 5) is 25.1. The number of halogens is 2. The van der Waals surface area contributed by atoms with Crippen molar-refractivity contribution in [3.05, 3.63) is 70.5 Å². The van der Waals surface area contributed by atoms with Crippen LogP contribution in [-0.4, -0.2) is 17.9 Å². The molecule has 0 aliphatic rings. The largest absolute Gasteiger partial charge is 0.348 e. The van der Waals surface area contributed by atoms with Gasteiger partial charge < -0.3 is 10.6 Å². The molecule has 0 heterocycles. The third kappa shape index (κ3) is 5.05. The number of amides is 2. The van der Waals surface area contributed by atoms with Crippen LogP contribution >= 0.6 is 11.6 Å². The highest BCUT2D eigenvalue weighted by molar-refractivity contribution is 6.33. The number of carbonyl (C=O) groups is 2. The van der Waals surface area contributed by atoms with Gasteiger partial charge in [-0.05, 0) is 42.7 Å². The smallest absolute Gasteiger partial charge is 0.253 e. The van der Waals surface area contributed by atoms with Crippen LogP contribution in [0.1, 0.15) is 42.7 Å². The summed E-state index contributed by atoms with van der Waals surface area (Å²) < 4.78 is 13.0. The van der Waals surface area contributed by atoms with E-state index < -0.39 is 11.9 Å². The van der Waals surface area contributed by atoms with Gasteiger partial charge >= 0.3 is 0 Å².